The lowest BCUT2D eigenvalue weighted by Gasteiger charge is -2.20. The Kier molecular flexibility index (Phi) is 5.87. The van der Waals surface area contributed by atoms with Gasteiger partial charge in [-0.3, -0.25) is 0 Å². The summed E-state index contributed by atoms with van der Waals surface area (Å²) in [5.41, 5.74) is 2.43. The van der Waals surface area contributed by atoms with Crippen LogP contribution in [-0.4, -0.2) is 17.7 Å². The lowest BCUT2D eigenvalue weighted by atomic mass is 9.98. The fraction of sp³-hybridized carbons (Fsp3) is 0.647. The molecule has 0 bridgehead atoms. The van der Waals surface area contributed by atoms with Crippen LogP contribution in [0.25, 0.3) is 0 Å². The third-order valence-corrected chi connectivity index (χ3v) is 4.07. The van der Waals surface area contributed by atoms with Crippen molar-refractivity contribution in [2.45, 2.75) is 64.0 Å². The molecule has 2 heteroatoms. The van der Waals surface area contributed by atoms with Gasteiger partial charge in [-0.05, 0) is 43.4 Å². The monoisotopic (exact) mass is 261 g/mol. The van der Waals surface area contributed by atoms with Gasteiger partial charge in [-0.25, -0.2) is 0 Å². The average Bonchev–Trinajstić information content (AvgIpc) is 2.68. The highest BCUT2D eigenvalue weighted by atomic mass is 16.3. The average molecular weight is 261 g/mol. The molecule has 1 aromatic rings. The van der Waals surface area contributed by atoms with Crippen molar-refractivity contribution in [2.24, 2.45) is 0 Å². The summed E-state index contributed by atoms with van der Waals surface area (Å²) in [6.45, 7) is 3.30. The molecule has 1 saturated heterocycles. The van der Waals surface area contributed by atoms with E-state index in [1.165, 1.54) is 37.7 Å². The fourth-order valence-electron chi connectivity index (χ4n) is 2.90. The van der Waals surface area contributed by atoms with E-state index in [9.17, 15) is 5.11 Å². The van der Waals surface area contributed by atoms with Crippen molar-refractivity contribution in [1.29, 1.82) is 0 Å². The predicted molar refractivity (Wildman–Crippen MR) is 80.3 cm³/mol. The molecule has 1 aromatic carbocycles. The first-order valence-electron chi connectivity index (χ1n) is 7.80. The summed E-state index contributed by atoms with van der Waals surface area (Å²) in [6, 6.07) is 8.97. The quantitative estimate of drug-likeness (QED) is 0.849. The third kappa shape index (κ3) is 4.63. The van der Waals surface area contributed by atoms with Gasteiger partial charge in [0.25, 0.3) is 0 Å². The summed E-state index contributed by atoms with van der Waals surface area (Å²) in [7, 11) is 0. The molecule has 19 heavy (non-hydrogen) atoms. The van der Waals surface area contributed by atoms with E-state index in [0.29, 0.717) is 6.04 Å². The molecule has 1 aliphatic rings. The van der Waals surface area contributed by atoms with Gasteiger partial charge in [-0.1, -0.05) is 50.5 Å². The molecular formula is C17H27NO. The molecule has 2 nitrogen and oxygen atoms in total. The maximum Gasteiger partial charge on any atom is 0.0804 e. The van der Waals surface area contributed by atoms with E-state index in [1.807, 2.05) is 0 Å². The zero-order chi connectivity index (χ0) is 13.5. The number of rotatable bonds is 5. The standard InChI is InChI=1S/C17H27NO/c1-2-6-14-8-10-15(11-9-14)17(19)13-16-7-4-3-5-12-18-16/h8-11,16-19H,2-7,12-13H2,1H3. The van der Waals surface area contributed by atoms with Crippen LogP contribution in [0, 0.1) is 0 Å². The van der Waals surface area contributed by atoms with E-state index in [1.54, 1.807) is 0 Å². The number of hydrogen-bond donors (Lipinski definition) is 2. The fourth-order valence-corrected chi connectivity index (χ4v) is 2.90. The van der Waals surface area contributed by atoms with Gasteiger partial charge in [-0.15, -0.1) is 0 Å². The third-order valence-electron chi connectivity index (χ3n) is 4.07. The molecule has 2 unspecified atom stereocenters. The molecule has 0 aliphatic carbocycles. The summed E-state index contributed by atoms with van der Waals surface area (Å²) >= 11 is 0. The van der Waals surface area contributed by atoms with E-state index < -0.39 is 0 Å². The second kappa shape index (κ2) is 7.66. The van der Waals surface area contributed by atoms with Gasteiger partial charge in [0.15, 0.2) is 0 Å². The normalized spacial score (nSPS) is 21.9. The highest BCUT2D eigenvalue weighted by Crippen LogP contribution is 2.22. The molecule has 1 aliphatic heterocycles. The second-order valence-electron chi connectivity index (χ2n) is 5.74. The number of aliphatic hydroxyl groups excluding tert-OH is 1. The van der Waals surface area contributed by atoms with Crippen LogP contribution in [0.4, 0.5) is 0 Å². The number of benzene rings is 1. The summed E-state index contributed by atoms with van der Waals surface area (Å²) in [5.74, 6) is 0. The Hall–Kier alpha value is -0.860. The van der Waals surface area contributed by atoms with E-state index in [4.69, 9.17) is 0 Å². The minimum atomic E-state index is -0.328. The molecule has 0 aromatic heterocycles. The molecule has 2 N–H and O–H groups in total. The topological polar surface area (TPSA) is 32.3 Å². The van der Waals surface area contributed by atoms with Crippen molar-refractivity contribution < 1.29 is 5.11 Å². The van der Waals surface area contributed by atoms with E-state index >= 15 is 0 Å². The Morgan fingerprint density at radius 2 is 2.00 bits per heavy atom. The predicted octanol–water partition coefficient (Wildman–Crippen LogP) is 3.59. The van der Waals surface area contributed by atoms with Crippen molar-refractivity contribution in [2.75, 3.05) is 6.54 Å². The Labute approximate surface area is 117 Å². The second-order valence-corrected chi connectivity index (χ2v) is 5.74. The van der Waals surface area contributed by atoms with Crippen LogP contribution in [0.5, 0.6) is 0 Å². The van der Waals surface area contributed by atoms with E-state index in [0.717, 1.165) is 24.9 Å². The van der Waals surface area contributed by atoms with Crippen molar-refractivity contribution in [1.82, 2.24) is 5.32 Å². The van der Waals surface area contributed by atoms with E-state index in [-0.39, 0.29) is 6.10 Å². The molecule has 0 amide bonds. The molecule has 1 fully saturated rings. The lowest BCUT2D eigenvalue weighted by Crippen LogP contribution is -2.29. The van der Waals surface area contributed by atoms with Gasteiger partial charge >= 0.3 is 0 Å². The number of hydrogen-bond acceptors (Lipinski definition) is 2. The van der Waals surface area contributed by atoms with Crippen molar-refractivity contribution in [3.63, 3.8) is 0 Å². The molecular weight excluding hydrogens is 234 g/mol. The first-order valence-corrected chi connectivity index (χ1v) is 7.80. The van der Waals surface area contributed by atoms with Crippen LogP contribution in [0.2, 0.25) is 0 Å². The van der Waals surface area contributed by atoms with Crippen molar-refractivity contribution >= 4 is 0 Å². The lowest BCUT2D eigenvalue weighted by molar-refractivity contribution is 0.150. The van der Waals surface area contributed by atoms with Gasteiger partial charge in [-0.2, -0.15) is 0 Å². The van der Waals surface area contributed by atoms with Crippen LogP contribution < -0.4 is 5.32 Å². The molecule has 0 radical (unpaired) electrons. The highest BCUT2D eigenvalue weighted by Gasteiger charge is 2.17. The van der Waals surface area contributed by atoms with E-state index in [2.05, 4.69) is 36.5 Å². The maximum atomic E-state index is 10.3. The smallest absolute Gasteiger partial charge is 0.0804 e. The Morgan fingerprint density at radius 3 is 2.74 bits per heavy atom. The van der Waals surface area contributed by atoms with Crippen LogP contribution >= 0.6 is 0 Å². The number of aliphatic hydroxyl groups is 1. The first kappa shape index (κ1) is 14.5. The number of nitrogens with one attached hydrogen (secondary N) is 1. The summed E-state index contributed by atoms with van der Waals surface area (Å²) in [5, 5.41) is 13.9. The highest BCUT2D eigenvalue weighted by molar-refractivity contribution is 5.24. The number of aryl methyl sites for hydroxylation is 1. The van der Waals surface area contributed by atoms with Gasteiger partial charge in [0.1, 0.15) is 0 Å². The zero-order valence-electron chi connectivity index (χ0n) is 12.1. The summed E-state index contributed by atoms with van der Waals surface area (Å²) in [4.78, 5) is 0. The minimum Gasteiger partial charge on any atom is -0.388 e. The van der Waals surface area contributed by atoms with Gasteiger partial charge in [0.2, 0.25) is 0 Å². The molecule has 2 atom stereocenters. The first-order chi connectivity index (χ1) is 9.29. The van der Waals surface area contributed by atoms with Crippen molar-refractivity contribution in [3.05, 3.63) is 35.4 Å². The molecule has 0 spiro atoms. The Balaban J connectivity index is 1.89. The van der Waals surface area contributed by atoms with Crippen LogP contribution in [0.15, 0.2) is 24.3 Å². The summed E-state index contributed by atoms with van der Waals surface area (Å²) in [6.07, 6.45) is 7.90. The van der Waals surface area contributed by atoms with Crippen molar-refractivity contribution in [3.8, 4) is 0 Å². The van der Waals surface area contributed by atoms with Crippen LogP contribution in [-0.2, 0) is 6.42 Å². The Bertz CT molecular complexity index is 352. The maximum absolute atomic E-state index is 10.3. The van der Waals surface area contributed by atoms with Gasteiger partial charge in [0, 0.05) is 6.04 Å². The SMILES string of the molecule is CCCc1ccc(C(O)CC2CCCCCN2)cc1. The van der Waals surface area contributed by atoms with Gasteiger partial charge in [0.05, 0.1) is 6.10 Å². The Morgan fingerprint density at radius 1 is 1.21 bits per heavy atom. The molecule has 0 saturated carbocycles. The van der Waals surface area contributed by atoms with Crippen LogP contribution in [0.3, 0.4) is 0 Å². The molecule has 1 heterocycles. The largest absolute Gasteiger partial charge is 0.388 e. The molecule has 106 valence electrons. The van der Waals surface area contributed by atoms with Gasteiger partial charge < -0.3 is 10.4 Å². The molecule has 2 rings (SSSR count). The summed E-state index contributed by atoms with van der Waals surface area (Å²) < 4.78 is 0. The zero-order valence-corrected chi connectivity index (χ0v) is 12.1. The minimum absolute atomic E-state index is 0.328. The van der Waals surface area contributed by atoms with Crippen LogP contribution in [0.1, 0.15) is 62.7 Å².